The molecule has 0 aliphatic carbocycles. The predicted molar refractivity (Wildman–Crippen MR) is 85.7 cm³/mol. The number of hydrogen-bond acceptors (Lipinski definition) is 3. The average Bonchev–Trinajstić information content (AvgIpc) is 2.93. The summed E-state index contributed by atoms with van der Waals surface area (Å²) in [6.07, 6.45) is 0.599. The monoisotopic (exact) mass is 294 g/mol. The van der Waals surface area contributed by atoms with Gasteiger partial charge >= 0.3 is 0 Å². The minimum atomic E-state index is -0.117. The Morgan fingerprint density at radius 2 is 1.86 bits per heavy atom. The van der Waals surface area contributed by atoms with Crippen molar-refractivity contribution >= 4 is 11.6 Å². The Bertz CT molecular complexity index is 752. The van der Waals surface area contributed by atoms with Gasteiger partial charge in [-0.2, -0.15) is 5.10 Å². The summed E-state index contributed by atoms with van der Waals surface area (Å²) in [7, 11) is 0. The third-order valence-corrected chi connectivity index (χ3v) is 4.00. The molecule has 0 bridgehead atoms. The highest BCUT2D eigenvalue weighted by Crippen LogP contribution is 2.35. The standard InChI is InChI=1S/C18H18N2O2/c1-12-7-3-4-8-14(12)17-11-16(19-20(17)13(2)21)15-9-5-6-10-18(15)22/h3-10,17,22H,11H2,1-2H3/t17-/m0/s1. The Balaban J connectivity index is 2.01. The first-order chi connectivity index (χ1) is 10.6. The molecule has 22 heavy (non-hydrogen) atoms. The van der Waals surface area contributed by atoms with E-state index in [1.54, 1.807) is 12.1 Å². The van der Waals surface area contributed by atoms with Crippen molar-refractivity contribution in [3.05, 3.63) is 65.2 Å². The van der Waals surface area contributed by atoms with Crippen LogP contribution in [0.1, 0.15) is 36.1 Å². The van der Waals surface area contributed by atoms with Gasteiger partial charge in [0.1, 0.15) is 5.75 Å². The van der Waals surface area contributed by atoms with Crippen LogP contribution in [-0.2, 0) is 4.79 Å². The number of phenols is 1. The number of nitrogens with zero attached hydrogens (tertiary/aromatic N) is 2. The molecule has 0 saturated carbocycles. The summed E-state index contributed by atoms with van der Waals surface area (Å²) < 4.78 is 0. The van der Waals surface area contributed by atoms with Crippen molar-refractivity contribution < 1.29 is 9.90 Å². The topological polar surface area (TPSA) is 52.9 Å². The van der Waals surface area contributed by atoms with Gasteiger partial charge in [-0.1, -0.05) is 36.4 Å². The molecule has 0 aromatic heterocycles. The van der Waals surface area contributed by atoms with Crippen LogP contribution in [-0.4, -0.2) is 21.7 Å². The van der Waals surface area contributed by atoms with Gasteiger partial charge in [-0.25, -0.2) is 5.01 Å². The largest absolute Gasteiger partial charge is 0.507 e. The van der Waals surface area contributed by atoms with Crippen molar-refractivity contribution in [1.29, 1.82) is 0 Å². The molecule has 1 amide bonds. The molecule has 2 aromatic carbocycles. The van der Waals surface area contributed by atoms with Crippen molar-refractivity contribution in [3.8, 4) is 5.75 Å². The lowest BCUT2D eigenvalue weighted by atomic mass is 9.95. The first kappa shape index (κ1) is 14.3. The SMILES string of the molecule is CC(=O)N1N=C(c2ccccc2O)C[C@H]1c1ccccc1C. The summed E-state index contributed by atoms with van der Waals surface area (Å²) >= 11 is 0. The van der Waals surface area contributed by atoms with Crippen LogP contribution in [0.15, 0.2) is 53.6 Å². The molecule has 1 N–H and O–H groups in total. The van der Waals surface area contributed by atoms with E-state index in [1.807, 2.05) is 43.3 Å². The highest BCUT2D eigenvalue weighted by Gasteiger charge is 2.32. The van der Waals surface area contributed by atoms with Crippen LogP contribution in [0.3, 0.4) is 0 Å². The number of hydrogen-bond donors (Lipinski definition) is 1. The van der Waals surface area contributed by atoms with Crippen LogP contribution in [0.4, 0.5) is 0 Å². The molecule has 0 fully saturated rings. The van der Waals surface area contributed by atoms with Crippen LogP contribution >= 0.6 is 0 Å². The number of phenolic OH excluding ortho intramolecular Hbond substituents is 1. The molecule has 1 heterocycles. The number of aromatic hydroxyl groups is 1. The highest BCUT2D eigenvalue weighted by molar-refractivity contribution is 6.05. The molecule has 0 saturated heterocycles. The van der Waals surface area contributed by atoms with Gasteiger partial charge in [0.15, 0.2) is 0 Å². The van der Waals surface area contributed by atoms with Crippen molar-refractivity contribution in [2.75, 3.05) is 0 Å². The molecule has 0 unspecified atom stereocenters. The van der Waals surface area contributed by atoms with Crippen molar-refractivity contribution in [2.45, 2.75) is 26.3 Å². The van der Waals surface area contributed by atoms with Crippen molar-refractivity contribution in [3.63, 3.8) is 0 Å². The van der Waals surface area contributed by atoms with E-state index >= 15 is 0 Å². The molecule has 1 atom stereocenters. The fourth-order valence-corrected chi connectivity index (χ4v) is 2.88. The Kier molecular flexibility index (Phi) is 3.67. The molecule has 0 radical (unpaired) electrons. The van der Waals surface area contributed by atoms with E-state index in [4.69, 9.17) is 0 Å². The van der Waals surface area contributed by atoms with Crippen molar-refractivity contribution in [2.24, 2.45) is 5.10 Å². The minimum Gasteiger partial charge on any atom is -0.507 e. The van der Waals surface area contributed by atoms with Crippen molar-refractivity contribution in [1.82, 2.24) is 5.01 Å². The van der Waals surface area contributed by atoms with E-state index in [9.17, 15) is 9.90 Å². The average molecular weight is 294 g/mol. The van der Waals surface area contributed by atoms with Gasteiger partial charge in [0.25, 0.3) is 0 Å². The molecule has 2 aromatic rings. The molecule has 3 rings (SSSR count). The lowest BCUT2D eigenvalue weighted by molar-refractivity contribution is -0.130. The molecular formula is C18H18N2O2. The quantitative estimate of drug-likeness (QED) is 0.923. The summed E-state index contributed by atoms with van der Waals surface area (Å²) in [5.41, 5.74) is 3.64. The second-order valence-electron chi connectivity index (χ2n) is 5.50. The Morgan fingerprint density at radius 1 is 1.18 bits per heavy atom. The fourth-order valence-electron chi connectivity index (χ4n) is 2.88. The van der Waals surface area contributed by atoms with Gasteiger partial charge in [0.05, 0.1) is 11.8 Å². The van der Waals surface area contributed by atoms with Gasteiger partial charge in [-0.05, 0) is 30.2 Å². The van der Waals surface area contributed by atoms with Gasteiger partial charge in [0.2, 0.25) is 5.91 Å². The lowest BCUT2D eigenvalue weighted by Crippen LogP contribution is -2.24. The number of aryl methyl sites for hydroxylation is 1. The summed E-state index contributed by atoms with van der Waals surface area (Å²) in [6.45, 7) is 3.55. The second kappa shape index (κ2) is 5.64. The summed E-state index contributed by atoms with van der Waals surface area (Å²) in [5.74, 6) is 0.0915. The Labute approximate surface area is 129 Å². The fraction of sp³-hybridized carbons (Fsp3) is 0.222. The van der Waals surface area contributed by atoms with E-state index in [-0.39, 0.29) is 17.7 Å². The first-order valence-electron chi connectivity index (χ1n) is 7.29. The van der Waals surface area contributed by atoms with Gasteiger partial charge in [-0.3, -0.25) is 4.79 Å². The Hall–Kier alpha value is -2.62. The third kappa shape index (κ3) is 2.48. The number of amides is 1. The molecule has 4 nitrogen and oxygen atoms in total. The lowest BCUT2D eigenvalue weighted by Gasteiger charge is -2.22. The normalized spacial score (nSPS) is 17.5. The number of benzene rings is 2. The van der Waals surface area contributed by atoms with E-state index in [1.165, 1.54) is 11.9 Å². The maximum Gasteiger partial charge on any atom is 0.240 e. The zero-order chi connectivity index (χ0) is 15.7. The number of rotatable bonds is 2. The van der Waals surface area contributed by atoms with E-state index in [0.717, 1.165) is 16.8 Å². The number of para-hydroxylation sites is 1. The van der Waals surface area contributed by atoms with Gasteiger partial charge in [-0.15, -0.1) is 0 Å². The molecule has 4 heteroatoms. The maximum atomic E-state index is 12.0. The molecule has 1 aliphatic rings. The van der Waals surface area contributed by atoms with Gasteiger partial charge in [0, 0.05) is 18.9 Å². The first-order valence-corrected chi connectivity index (χ1v) is 7.29. The number of carbonyl (C=O) groups excluding carboxylic acids is 1. The number of carbonyl (C=O) groups is 1. The molecular weight excluding hydrogens is 276 g/mol. The second-order valence-corrected chi connectivity index (χ2v) is 5.50. The predicted octanol–water partition coefficient (Wildman–Crippen LogP) is 3.40. The third-order valence-electron chi connectivity index (χ3n) is 4.00. The minimum absolute atomic E-state index is 0.0985. The van der Waals surface area contributed by atoms with E-state index in [0.29, 0.717) is 12.0 Å². The molecule has 0 spiro atoms. The van der Waals surface area contributed by atoms with Crippen LogP contribution in [0.25, 0.3) is 0 Å². The van der Waals surface area contributed by atoms with E-state index < -0.39 is 0 Å². The zero-order valence-corrected chi connectivity index (χ0v) is 12.7. The maximum absolute atomic E-state index is 12.0. The zero-order valence-electron chi connectivity index (χ0n) is 12.7. The summed E-state index contributed by atoms with van der Waals surface area (Å²) in [4.78, 5) is 12.0. The van der Waals surface area contributed by atoms with Crippen LogP contribution in [0.5, 0.6) is 5.75 Å². The van der Waals surface area contributed by atoms with Crippen LogP contribution < -0.4 is 0 Å². The Morgan fingerprint density at radius 3 is 2.55 bits per heavy atom. The smallest absolute Gasteiger partial charge is 0.240 e. The summed E-state index contributed by atoms with van der Waals surface area (Å²) in [5, 5.41) is 16.0. The van der Waals surface area contributed by atoms with E-state index in [2.05, 4.69) is 5.10 Å². The molecule has 112 valence electrons. The number of hydrazone groups is 1. The highest BCUT2D eigenvalue weighted by atomic mass is 16.3. The van der Waals surface area contributed by atoms with Crippen LogP contribution in [0, 0.1) is 6.92 Å². The summed E-state index contributed by atoms with van der Waals surface area (Å²) in [6, 6.07) is 15.0. The molecule has 1 aliphatic heterocycles. The van der Waals surface area contributed by atoms with Gasteiger partial charge < -0.3 is 5.11 Å². The van der Waals surface area contributed by atoms with Crippen LogP contribution in [0.2, 0.25) is 0 Å².